The number of carbonyl (C=O) groups excluding carboxylic acids is 2. The van der Waals surface area contributed by atoms with Crippen LogP contribution in [0, 0.1) is 13.8 Å². The van der Waals surface area contributed by atoms with Crippen LogP contribution in [-0.4, -0.2) is 30.0 Å². The van der Waals surface area contributed by atoms with E-state index in [0.717, 1.165) is 0 Å². The minimum Gasteiger partial charge on any atom is -0.484 e. The monoisotopic (exact) mass is 335 g/mol. The van der Waals surface area contributed by atoms with Gasteiger partial charge in [0.05, 0.1) is 22.9 Å². The summed E-state index contributed by atoms with van der Waals surface area (Å²) in [5, 5.41) is 0.437. The van der Waals surface area contributed by atoms with E-state index in [1.165, 1.54) is 0 Å². The Morgan fingerprint density at radius 3 is 2.57 bits per heavy atom. The van der Waals surface area contributed by atoms with Gasteiger partial charge < -0.3 is 14.5 Å². The van der Waals surface area contributed by atoms with Gasteiger partial charge in [-0.25, -0.2) is 4.79 Å². The smallest absolute Gasteiger partial charge is 0.340 e. The molecule has 0 spiro atoms. The summed E-state index contributed by atoms with van der Waals surface area (Å²) in [6.45, 7) is 5.27. The first-order valence-electron chi connectivity index (χ1n) is 7.22. The lowest BCUT2D eigenvalue weighted by Crippen LogP contribution is -2.14. The SMILES string of the molecule is CCOC(=O)c1c(C)[nH]c(C(=O)COc2ccccc2Cl)c1C. The van der Waals surface area contributed by atoms with Crippen molar-refractivity contribution < 1.29 is 19.1 Å². The largest absolute Gasteiger partial charge is 0.484 e. The van der Waals surface area contributed by atoms with Gasteiger partial charge in [0.25, 0.3) is 0 Å². The standard InChI is InChI=1S/C17H18ClNO4/c1-4-22-17(21)15-10(2)16(19-11(15)3)13(20)9-23-14-8-6-5-7-12(14)18/h5-8,19H,4,9H2,1-3H3. The third kappa shape index (κ3) is 3.74. The van der Waals surface area contributed by atoms with E-state index in [9.17, 15) is 9.59 Å². The van der Waals surface area contributed by atoms with E-state index in [0.29, 0.717) is 33.3 Å². The Kier molecular flexibility index (Phi) is 5.45. The molecule has 0 atom stereocenters. The van der Waals surface area contributed by atoms with Crippen LogP contribution in [0.25, 0.3) is 0 Å². The molecule has 2 aromatic rings. The van der Waals surface area contributed by atoms with Crippen LogP contribution in [0.3, 0.4) is 0 Å². The molecule has 0 fully saturated rings. The first-order chi connectivity index (χ1) is 11.0. The number of aromatic nitrogens is 1. The molecule has 23 heavy (non-hydrogen) atoms. The number of halogens is 1. The van der Waals surface area contributed by atoms with Gasteiger partial charge in [-0.05, 0) is 38.5 Å². The number of H-pyrrole nitrogens is 1. The Balaban J connectivity index is 2.16. The highest BCUT2D eigenvalue weighted by Crippen LogP contribution is 2.24. The van der Waals surface area contributed by atoms with Crippen molar-refractivity contribution in [2.45, 2.75) is 20.8 Å². The maximum absolute atomic E-state index is 12.3. The van der Waals surface area contributed by atoms with Gasteiger partial charge in [0, 0.05) is 5.69 Å². The fourth-order valence-electron chi connectivity index (χ4n) is 2.32. The van der Waals surface area contributed by atoms with Crippen LogP contribution >= 0.6 is 11.6 Å². The summed E-state index contributed by atoms with van der Waals surface area (Å²) in [5.74, 6) is -0.264. The molecule has 5 nitrogen and oxygen atoms in total. The summed E-state index contributed by atoms with van der Waals surface area (Å²) in [6, 6.07) is 6.92. The summed E-state index contributed by atoms with van der Waals surface area (Å²) < 4.78 is 10.5. The van der Waals surface area contributed by atoms with Crippen molar-refractivity contribution in [1.29, 1.82) is 0 Å². The van der Waals surface area contributed by atoms with Crippen molar-refractivity contribution >= 4 is 23.4 Å². The van der Waals surface area contributed by atoms with Gasteiger partial charge >= 0.3 is 5.97 Å². The molecule has 0 unspecified atom stereocenters. The van der Waals surface area contributed by atoms with Crippen LogP contribution in [-0.2, 0) is 4.74 Å². The predicted octanol–water partition coefficient (Wildman–Crippen LogP) is 3.72. The first-order valence-corrected chi connectivity index (χ1v) is 7.60. The highest BCUT2D eigenvalue weighted by atomic mass is 35.5. The molecule has 0 saturated carbocycles. The number of nitrogens with one attached hydrogen (secondary N) is 1. The molecule has 0 aliphatic heterocycles. The minimum absolute atomic E-state index is 0.174. The summed E-state index contributed by atoms with van der Waals surface area (Å²) >= 11 is 5.99. The molecule has 2 rings (SSSR count). The van der Waals surface area contributed by atoms with E-state index in [2.05, 4.69) is 4.98 Å². The topological polar surface area (TPSA) is 68.4 Å². The quantitative estimate of drug-likeness (QED) is 0.645. The number of carbonyl (C=O) groups is 2. The molecule has 0 bridgehead atoms. The second-order valence-electron chi connectivity index (χ2n) is 4.99. The fraction of sp³-hybridized carbons (Fsp3) is 0.294. The zero-order chi connectivity index (χ0) is 17.0. The van der Waals surface area contributed by atoms with Crippen molar-refractivity contribution in [1.82, 2.24) is 4.98 Å². The number of aromatic amines is 1. The molecule has 1 heterocycles. The average Bonchev–Trinajstić information content (AvgIpc) is 2.81. The zero-order valence-electron chi connectivity index (χ0n) is 13.2. The van der Waals surface area contributed by atoms with Crippen LogP contribution < -0.4 is 4.74 Å². The number of esters is 1. The Bertz CT molecular complexity index is 736. The summed E-state index contributed by atoms with van der Waals surface area (Å²) in [6.07, 6.45) is 0. The number of hydrogen-bond acceptors (Lipinski definition) is 4. The minimum atomic E-state index is -0.440. The number of ketones is 1. The third-order valence-electron chi connectivity index (χ3n) is 3.39. The van der Waals surface area contributed by atoms with Crippen molar-refractivity contribution in [3.8, 4) is 5.75 Å². The average molecular weight is 336 g/mol. The lowest BCUT2D eigenvalue weighted by atomic mass is 10.1. The van der Waals surface area contributed by atoms with Crippen LogP contribution in [0.4, 0.5) is 0 Å². The molecular formula is C17H18ClNO4. The van der Waals surface area contributed by atoms with E-state index < -0.39 is 5.97 Å². The van der Waals surface area contributed by atoms with Crippen LogP contribution in [0.2, 0.25) is 5.02 Å². The van der Waals surface area contributed by atoms with Gasteiger partial charge in [-0.2, -0.15) is 0 Å². The highest BCUT2D eigenvalue weighted by Gasteiger charge is 2.23. The molecule has 1 aromatic carbocycles. The summed E-state index contributed by atoms with van der Waals surface area (Å²) in [5.41, 5.74) is 1.90. The van der Waals surface area contributed by atoms with Crippen molar-refractivity contribution in [3.05, 3.63) is 51.8 Å². The molecule has 0 amide bonds. The molecule has 1 aromatic heterocycles. The van der Waals surface area contributed by atoms with Crippen LogP contribution in [0.15, 0.2) is 24.3 Å². The van der Waals surface area contributed by atoms with Gasteiger partial charge in [-0.15, -0.1) is 0 Å². The van der Waals surface area contributed by atoms with Crippen LogP contribution in [0.1, 0.15) is 39.0 Å². The molecule has 0 saturated heterocycles. The Hall–Kier alpha value is -2.27. The van der Waals surface area contributed by atoms with Crippen molar-refractivity contribution in [3.63, 3.8) is 0 Å². The van der Waals surface area contributed by atoms with E-state index in [1.54, 1.807) is 45.0 Å². The van der Waals surface area contributed by atoms with Crippen molar-refractivity contribution in [2.75, 3.05) is 13.2 Å². The first kappa shape index (κ1) is 17.1. The number of benzene rings is 1. The highest BCUT2D eigenvalue weighted by molar-refractivity contribution is 6.32. The Morgan fingerprint density at radius 2 is 1.91 bits per heavy atom. The molecular weight excluding hydrogens is 318 g/mol. The second-order valence-corrected chi connectivity index (χ2v) is 5.39. The Morgan fingerprint density at radius 1 is 1.22 bits per heavy atom. The number of hydrogen-bond donors (Lipinski definition) is 1. The van der Waals surface area contributed by atoms with E-state index >= 15 is 0 Å². The van der Waals surface area contributed by atoms with Crippen LogP contribution in [0.5, 0.6) is 5.75 Å². The molecule has 0 aliphatic carbocycles. The fourth-order valence-corrected chi connectivity index (χ4v) is 2.51. The van der Waals surface area contributed by atoms with Gasteiger partial charge in [0.15, 0.2) is 6.61 Å². The lowest BCUT2D eigenvalue weighted by molar-refractivity contribution is 0.0525. The Labute approximate surface area is 139 Å². The number of para-hydroxylation sites is 1. The number of aryl methyl sites for hydroxylation is 1. The maximum atomic E-state index is 12.3. The maximum Gasteiger partial charge on any atom is 0.340 e. The zero-order valence-corrected chi connectivity index (χ0v) is 14.0. The number of Topliss-reactive ketones (excluding diaryl/α,β-unsaturated/α-hetero) is 1. The number of ether oxygens (including phenoxy) is 2. The number of rotatable bonds is 6. The van der Waals surface area contributed by atoms with Gasteiger partial charge in [-0.1, -0.05) is 23.7 Å². The summed E-state index contributed by atoms with van der Waals surface area (Å²) in [4.78, 5) is 27.2. The third-order valence-corrected chi connectivity index (χ3v) is 3.70. The molecule has 6 heteroatoms. The van der Waals surface area contributed by atoms with Gasteiger partial charge in [0.2, 0.25) is 5.78 Å². The molecule has 1 N–H and O–H groups in total. The normalized spacial score (nSPS) is 10.4. The molecule has 0 radical (unpaired) electrons. The van der Waals surface area contributed by atoms with Gasteiger partial charge in [0.1, 0.15) is 5.75 Å². The molecule has 122 valence electrons. The van der Waals surface area contributed by atoms with E-state index in [1.807, 2.05) is 0 Å². The molecule has 0 aliphatic rings. The van der Waals surface area contributed by atoms with E-state index in [-0.39, 0.29) is 19.0 Å². The predicted molar refractivity (Wildman–Crippen MR) is 87.5 cm³/mol. The second kappa shape index (κ2) is 7.33. The lowest BCUT2D eigenvalue weighted by Gasteiger charge is -2.07. The van der Waals surface area contributed by atoms with E-state index in [4.69, 9.17) is 21.1 Å². The summed E-state index contributed by atoms with van der Waals surface area (Å²) in [7, 11) is 0. The van der Waals surface area contributed by atoms with Gasteiger partial charge in [-0.3, -0.25) is 4.79 Å². The van der Waals surface area contributed by atoms with Crippen molar-refractivity contribution in [2.24, 2.45) is 0 Å².